The topological polar surface area (TPSA) is 290 Å². The molecule has 0 aromatic heterocycles. The van der Waals surface area contributed by atoms with E-state index in [1.165, 1.54) is 37.1 Å². The summed E-state index contributed by atoms with van der Waals surface area (Å²) in [7, 11) is 1.31. The zero-order valence-electron chi connectivity index (χ0n) is 33.5. The number of rotatable bonds is 16. The van der Waals surface area contributed by atoms with Crippen molar-refractivity contribution in [2.45, 2.75) is 143 Å². The second-order valence-corrected chi connectivity index (χ2v) is 17.7. The average molecular weight is 862 g/mol. The number of benzene rings is 2. The number of aliphatic hydroxyl groups is 7. The summed E-state index contributed by atoms with van der Waals surface area (Å²) in [5.74, 6) is -4.38. The molecule has 4 unspecified atom stereocenters. The fourth-order valence-electron chi connectivity index (χ4n) is 8.89. The van der Waals surface area contributed by atoms with Crippen LogP contribution in [0.5, 0.6) is 17.2 Å². The summed E-state index contributed by atoms with van der Waals surface area (Å²) in [6.07, 6.45) is -4.08. The number of phenolic OH excluding ortho intramolecular Hbond substituents is 2. The van der Waals surface area contributed by atoms with Crippen LogP contribution in [0.3, 0.4) is 0 Å². The maximum atomic E-state index is 13.9. The number of amides is 1. The van der Waals surface area contributed by atoms with Crippen molar-refractivity contribution >= 4 is 35.0 Å². The van der Waals surface area contributed by atoms with Crippen LogP contribution in [0.25, 0.3) is 0 Å². The van der Waals surface area contributed by atoms with Crippen LogP contribution >= 0.6 is 11.8 Å². The summed E-state index contributed by atoms with van der Waals surface area (Å²) in [4.78, 5) is 53.7. The summed E-state index contributed by atoms with van der Waals surface area (Å²) in [6.45, 7) is 0.184. The normalized spacial score (nSPS) is 31.2. The molecule has 2 fully saturated rings. The molecule has 2 heterocycles. The van der Waals surface area contributed by atoms with E-state index < -0.39 is 119 Å². The predicted octanol–water partition coefficient (Wildman–Crippen LogP) is 0.839. The molecule has 0 radical (unpaired) electrons. The van der Waals surface area contributed by atoms with Crippen LogP contribution in [-0.2, 0) is 25.5 Å². The number of hydrogen-bond donors (Lipinski definition) is 10. The summed E-state index contributed by atoms with van der Waals surface area (Å²) in [6, 6.07) is 3.45. The molecule has 2 aromatic carbocycles. The number of thioether (sulfide) groups is 1. The number of hydrogen-bond acceptors (Lipinski definition) is 17. The van der Waals surface area contributed by atoms with Crippen molar-refractivity contribution in [1.29, 1.82) is 0 Å². The van der Waals surface area contributed by atoms with Gasteiger partial charge in [0, 0.05) is 47.6 Å². The maximum absolute atomic E-state index is 13.9. The Hall–Kier alpha value is -3.69. The molecule has 0 spiro atoms. The molecule has 6 rings (SSSR count). The number of Topliss-reactive ketones (excluding diaryl/α,β-unsaturated/α-hetero) is 1. The second-order valence-electron chi connectivity index (χ2n) is 16.2. The van der Waals surface area contributed by atoms with Crippen molar-refractivity contribution < 1.29 is 79.3 Å². The molecule has 60 heavy (non-hydrogen) atoms. The van der Waals surface area contributed by atoms with E-state index in [2.05, 4.69) is 5.32 Å². The van der Waals surface area contributed by atoms with Gasteiger partial charge >= 0.3 is 0 Å². The minimum Gasteiger partial charge on any atom is -0.507 e. The van der Waals surface area contributed by atoms with Gasteiger partial charge in [0.25, 0.3) is 0 Å². The van der Waals surface area contributed by atoms with Crippen molar-refractivity contribution in [3.63, 3.8) is 0 Å². The van der Waals surface area contributed by atoms with E-state index in [1.54, 1.807) is 6.92 Å². The van der Waals surface area contributed by atoms with Gasteiger partial charge in [-0.1, -0.05) is 44.2 Å². The molecule has 0 saturated carbocycles. The van der Waals surface area contributed by atoms with Gasteiger partial charge in [0.05, 0.1) is 66.1 Å². The third kappa shape index (κ3) is 8.95. The zero-order valence-corrected chi connectivity index (χ0v) is 34.3. The van der Waals surface area contributed by atoms with Crippen molar-refractivity contribution in [3.05, 3.63) is 51.6 Å². The van der Waals surface area contributed by atoms with Crippen LogP contribution in [0.15, 0.2) is 18.2 Å². The largest absolute Gasteiger partial charge is 0.507 e. The number of ketones is 3. The van der Waals surface area contributed by atoms with E-state index in [-0.39, 0.29) is 58.6 Å². The molecule has 11 atom stereocenters. The highest BCUT2D eigenvalue weighted by atomic mass is 32.2. The Morgan fingerprint density at radius 1 is 0.883 bits per heavy atom. The summed E-state index contributed by atoms with van der Waals surface area (Å²) in [5.41, 5.74) is -4.02. The molecule has 2 aliphatic heterocycles. The monoisotopic (exact) mass is 861 g/mol. The van der Waals surface area contributed by atoms with Gasteiger partial charge in [-0.2, -0.15) is 0 Å². The van der Waals surface area contributed by atoms with E-state index >= 15 is 0 Å². The number of ether oxygens (including phenoxy) is 3. The van der Waals surface area contributed by atoms with Gasteiger partial charge in [0.2, 0.25) is 11.7 Å². The predicted molar refractivity (Wildman–Crippen MR) is 213 cm³/mol. The number of fused-ring (bicyclic) bond motifs is 3. The number of aliphatic hydroxyl groups excluding tert-OH is 6. The van der Waals surface area contributed by atoms with Crippen LogP contribution in [0.4, 0.5) is 0 Å². The van der Waals surface area contributed by atoms with E-state index in [0.717, 1.165) is 32.1 Å². The van der Waals surface area contributed by atoms with Crippen LogP contribution in [-0.4, -0.2) is 148 Å². The molecule has 2 saturated heterocycles. The van der Waals surface area contributed by atoms with Crippen molar-refractivity contribution in [2.75, 3.05) is 20.3 Å². The number of methoxy groups -OCH3 is 1. The Labute approximate surface area is 350 Å². The minimum absolute atomic E-state index is 0.0616. The lowest BCUT2D eigenvalue weighted by Gasteiger charge is -2.43. The van der Waals surface area contributed by atoms with Gasteiger partial charge in [0.15, 0.2) is 17.9 Å². The molecule has 2 aliphatic carbocycles. The van der Waals surface area contributed by atoms with E-state index in [1.807, 2.05) is 0 Å². The molecule has 2 aromatic rings. The van der Waals surface area contributed by atoms with Crippen molar-refractivity contribution in [2.24, 2.45) is 0 Å². The zero-order chi connectivity index (χ0) is 43.6. The van der Waals surface area contributed by atoms with Gasteiger partial charge in [-0.15, -0.1) is 11.8 Å². The van der Waals surface area contributed by atoms with E-state index in [9.17, 15) is 65.1 Å². The Balaban J connectivity index is 1.09. The van der Waals surface area contributed by atoms with Crippen LogP contribution < -0.4 is 10.1 Å². The molecule has 1 amide bonds. The number of carbonyl (C=O) groups is 4. The van der Waals surface area contributed by atoms with Gasteiger partial charge in [-0.25, -0.2) is 0 Å². The first-order chi connectivity index (χ1) is 28.6. The summed E-state index contributed by atoms with van der Waals surface area (Å²) in [5, 5.41) is 97.6. The lowest BCUT2D eigenvalue weighted by atomic mass is 9.72. The Morgan fingerprint density at radius 3 is 2.23 bits per heavy atom. The highest BCUT2D eigenvalue weighted by molar-refractivity contribution is 8.00. The Morgan fingerprint density at radius 2 is 1.55 bits per heavy atom. The fraction of sp³-hybridized carbons (Fsp3) is 0.619. The standard InChI is InChI=1S/C42H55NO16S/c1-19-34(48)22(43-28(47)13-8-6-4-3-5-7-12-25-37(51)41(55)38(52)26(17-44)60-25)14-29(58-19)59-24-16-42(56,27(46)18-45)15-21-31(24)40(54)33-32(36(21)50)35(49)20-10-9-11-23(57-2)30(20)39(33)53/h9-11,19,22,24-26,29,34,37-38,41,44-45,48,50-52,54-56H,3-8,12-18H2,1-2H3,(H,43,47)/t19?,22?,24-,25+,26-,29?,34?,37-,38+,41+,42-/m0/s1. The fourth-order valence-corrected chi connectivity index (χ4v) is 10.4. The number of nitrogens with one attached hydrogen (secondary N) is 1. The van der Waals surface area contributed by atoms with E-state index in [0.29, 0.717) is 12.8 Å². The Bertz CT molecular complexity index is 1940. The number of aromatic hydroxyl groups is 2. The molecule has 330 valence electrons. The van der Waals surface area contributed by atoms with E-state index in [4.69, 9.17) is 14.2 Å². The third-order valence-corrected chi connectivity index (χ3v) is 13.9. The van der Waals surface area contributed by atoms with Gasteiger partial charge < -0.3 is 65.5 Å². The first-order valence-electron chi connectivity index (χ1n) is 20.4. The molecule has 18 heteroatoms. The SMILES string of the molecule is COc1cccc2c1C(=O)c1c(O)c3c(c(O)c1C2=O)C[C@@](O)(C(=O)CO)C[C@@H]3OC1CC(NC(=O)CCCCCCCC[C@H]2S[C@@H](CO)[C@@H](O)[C@H](O)[C@H]2O)C(O)C(C)O1. The highest BCUT2D eigenvalue weighted by Gasteiger charge is 2.50. The lowest BCUT2D eigenvalue weighted by Crippen LogP contribution is -2.55. The summed E-state index contributed by atoms with van der Waals surface area (Å²) >= 11 is 1.29. The van der Waals surface area contributed by atoms with Gasteiger partial charge in [-0.3, -0.25) is 19.2 Å². The molecule has 17 nitrogen and oxygen atoms in total. The Kier molecular flexibility index (Phi) is 14.6. The summed E-state index contributed by atoms with van der Waals surface area (Å²) < 4.78 is 17.5. The van der Waals surface area contributed by atoms with Crippen LogP contribution in [0.1, 0.15) is 120 Å². The van der Waals surface area contributed by atoms with Crippen molar-refractivity contribution in [3.8, 4) is 17.2 Å². The third-order valence-electron chi connectivity index (χ3n) is 12.2. The minimum atomic E-state index is -2.34. The van der Waals surface area contributed by atoms with Crippen LogP contribution in [0, 0.1) is 0 Å². The quantitative estimate of drug-likeness (QED) is 0.0705. The molecular formula is C42H55NO16S. The molecule has 4 aliphatic rings. The lowest BCUT2D eigenvalue weighted by molar-refractivity contribution is -0.249. The first-order valence-corrected chi connectivity index (χ1v) is 21.3. The molecule has 10 N–H and O–H groups in total. The van der Waals surface area contributed by atoms with Crippen molar-refractivity contribution in [1.82, 2.24) is 5.32 Å². The highest BCUT2D eigenvalue weighted by Crippen LogP contribution is 2.52. The average Bonchev–Trinajstić information content (AvgIpc) is 3.22. The van der Waals surface area contributed by atoms with Gasteiger partial charge in [0.1, 0.15) is 41.7 Å². The number of carbonyl (C=O) groups excluding carboxylic acids is 4. The maximum Gasteiger partial charge on any atom is 0.220 e. The smallest absolute Gasteiger partial charge is 0.220 e. The molecule has 0 bridgehead atoms. The molecular weight excluding hydrogens is 807 g/mol. The van der Waals surface area contributed by atoms with Crippen LogP contribution in [0.2, 0.25) is 0 Å². The van der Waals surface area contributed by atoms with Gasteiger partial charge in [-0.05, 0) is 25.8 Å². The number of unbranched alkanes of at least 4 members (excludes halogenated alkanes) is 5. The second kappa shape index (κ2) is 19.1. The first kappa shape index (κ1) is 45.8. The number of phenols is 2.